The number of rotatable bonds is 2. The molecule has 0 heterocycles. The highest BCUT2D eigenvalue weighted by molar-refractivity contribution is 7.91. The molecule has 0 fully saturated rings. The van der Waals surface area contributed by atoms with Crippen LogP contribution in [0.4, 0.5) is 0 Å². The number of sulfone groups is 1. The number of hydrogen-bond acceptors (Lipinski definition) is 4. The summed E-state index contributed by atoms with van der Waals surface area (Å²) in [7, 11) is -3.68. The van der Waals surface area contributed by atoms with Crippen molar-refractivity contribution in [3.8, 4) is 11.5 Å². The number of phenolic OH excluding ortho intramolecular Hbond substituents is 2. The monoisotopic (exact) mass is 292 g/mol. The maximum absolute atomic E-state index is 12.7. The van der Waals surface area contributed by atoms with Crippen molar-refractivity contribution in [2.45, 2.75) is 30.6 Å². The fourth-order valence-electron chi connectivity index (χ4n) is 2.13. The lowest BCUT2D eigenvalue weighted by Crippen LogP contribution is -2.07. The van der Waals surface area contributed by atoms with Gasteiger partial charge in [-0.3, -0.25) is 0 Å². The van der Waals surface area contributed by atoms with Crippen LogP contribution in [-0.2, 0) is 9.84 Å². The zero-order valence-corrected chi connectivity index (χ0v) is 12.3. The van der Waals surface area contributed by atoms with Gasteiger partial charge in [-0.25, -0.2) is 8.42 Å². The van der Waals surface area contributed by atoms with Crippen LogP contribution in [0, 0.1) is 20.8 Å². The summed E-state index contributed by atoms with van der Waals surface area (Å²) in [6.07, 6.45) is 0. The molecule has 0 unspecified atom stereocenters. The minimum atomic E-state index is -3.68. The fourth-order valence-corrected chi connectivity index (χ4v) is 3.90. The third kappa shape index (κ3) is 2.25. The Morgan fingerprint density at radius 1 is 0.850 bits per heavy atom. The molecule has 2 aromatic carbocycles. The van der Waals surface area contributed by atoms with E-state index in [1.54, 1.807) is 20.8 Å². The molecule has 0 aromatic heterocycles. The lowest BCUT2D eigenvalue weighted by atomic mass is 10.1. The summed E-state index contributed by atoms with van der Waals surface area (Å²) in [6.45, 7) is 4.97. The largest absolute Gasteiger partial charge is 0.508 e. The first-order valence-corrected chi connectivity index (χ1v) is 7.57. The molecule has 0 aliphatic carbocycles. The van der Waals surface area contributed by atoms with Crippen LogP contribution in [-0.4, -0.2) is 18.6 Å². The van der Waals surface area contributed by atoms with E-state index in [1.807, 2.05) is 0 Å². The highest BCUT2D eigenvalue weighted by atomic mass is 32.2. The van der Waals surface area contributed by atoms with Crippen LogP contribution in [0.15, 0.2) is 40.1 Å². The lowest BCUT2D eigenvalue weighted by Gasteiger charge is -2.13. The molecule has 0 aliphatic rings. The van der Waals surface area contributed by atoms with E-state index in [9.17, 15) is 18.6 Å². The number of hydrogen-bond donors (Lipinski definition) is 2. The van der Waals surface area contributed by atoms with Crippen molar-refractivity contribution in [2.24, 2.45) is 0 Å². The fraction of sp³-hybridized carbons (Fsp3) is 0.200. The molecule has 0 spiro atoms. The Labute approximate surface area is 118 Å². The van der Waals surface area contributed by atoms with E-state index >= 15 is 0 Å². The van der Waals surface area contributed by atoms with Gasteiger partial charge in [0, 0.05) is 0 Å². The third-order valence-corrected chi connectivity index (χ3v) is 5.50. The van der Waals surface area contributed by atoms with Gasteiger partial charge in [-0.05, 0) is 67.8 Å². The van der Waals surface area contributed by atoms with Gasteiger partial charge < -0.3 is 10.2 Å². The van der Waals surface area contributed by atoms with Crippen LogP contribution in [0.1, 0.15) is 16.7 Å². The SMILES string of the molecule is Cc1cc(O)ccc1S(=O)(=O)c1ccc(O)c(C)c1C. The van der Waals surface area contributed by atoms with E-state index in [2.05, 4.69) is 0 Å². The van der Waals surface area contributed by atoms with Crippen molar-refractivity contribution in [1.82, 2.24) is 0 Å². The van der Waals surface area contributed by atoms with Gasteiger partial charge in [0.05, 0.1) is 9.79 Å². The van der Waals surface area contributed by atoms with Crippen molar-refractivity contribution >= 4 is 9.84 Å². The summed E-state index contributed by atoms with van der Waals surface area (Å²) >= 11 is 0. The zero-order chi connectivity index (χ0) is 15.1. The summed E-state index contributed by atoms with van der Waals surface area (Å²) in [5, 5.41) is 19.0. The van der Waals surface area contributed by atoms with Crippen LogP contribution >= 0.6 is 0 Å². The quantitative estimate of drug-likeness (QED) is 0.892. The second-order valence-electron chi connectivity index (χ2n) is 4.79. The van der Waals surface area contributed by atoms with E-state index < -0.39 is 9.84 Å². The smallest absolute Gasteiger partial charge is 0.207 e. The molecule has 20 heavy (non-hydrogen) atoms. The topological polar surface area (TPSA) is 74.6 Å². The Hall–Kier alpha value is -2.01. The van der Waals surface area contributed by atoms with Crippen molar-refractivity contribution < 1.29 is 18.6 Å². The molecule has 0 radical (unpaired) electrons. The molecule has 0 bridgehead atoms. The third-order valence-electron chi connectivity index (χ3n) is 3.45. The standard InChI is InChI=1S/C15H16O4S/c1-9-8-12(16)4-6-14(9)20(18,19)15-7-5-13(17)10(2)11(15)3/h4-8,16-17H,1-3H3. The molecule has 0 saturated carbocycles. The van der Waals surface area contributed by atoms with Crippen LogP contribution in [0.25, 0.3) is 0 Å². The highest BCUT2D eigenvalue weighted by Crippen LogP contribution is 2.32. The molecular formula is C15H16O4S. The average molecular weight is 292 g/mol. The van der Waals surface area contributed by atoms with Crippen LogP contribution in [0.2, 0.25) is 0 Å². The normalized spacial score (nSPS) is 11.6. The minimum absolute atomic E-state index is 0.0278. The van der Waals surface area contributed by atoms with Gasteiger partial charge in [0.15, 0.2) is 0 Å². The summed E-state index contributed by atoms with van der Waals surface area (Å²) in [5.41, 5.74) is 1.55. The molecule has 2 N–H and O–H groups in total. The Bertz CT molecular complexity index is 777. The molecule has 0 atom stereocenters. The van der Waals surface area contributed by atoms with Gasteiger partial charge in [-0.2, -0.15) is 0 Å². The van der Waals surface area contributed by atoms with E-state index in [0.29, 0.717) is 16.7 Å². The van der Waals surface area contributed by atoms with Gasteiger partial charge in [0.25, 0.3) is 0 Å². The van der Waals surface area contributed by atoms with Crippen molar-refractivity contribution in [2.75, 3.05) is 0 Å². The second-order valence-corrected chi connectivity index (χ2v) is 6.67. The number of benzene rings is 2. The molecular weight excluding hydrogens is 276 g/mol. The van der Waals surface area contributed by atoms with Gasteiger partial charge in [-0.1, -0.05) is 0 Å². The predicted octanol–water partition coefficient (Wildman–Crippen LogP) is 2.86. The van der Waals surface area contributed by atoms with E-state index in [-0.39, 0.29) is 21.3 Å². The number of aromatic hydroxyl groups is 2. The van der Waals surface area contributed by atoms with Crippen LogP contribution < -0.4 is 0 Å². The minimum Gasteiger partial charge on any atom is -0.508 e. The van der Waals surface area contributed by atoms with Gasteiger partial charge >= 0.3 is 0 Å². The van der Waals surface area contributed by atoms with Gasteiger partial charge in [-0.15, -0.1) is 0 Å². The number of phenols is 2. The van der Waals surface area contributed by atoms with Crippen LogP contribution in [0.5, 0.6) is 11.5 Å². The van der Waals surface area contributed by atoms with Crippen LogP contribution in [0.3, 0.4) is 0 Å². The summed E-state index contributed by atoms with van der Waals surface area (Å²) in [6, 6.07) is 6.93. The van der Waals surface area contributed by atoms with Gasteiger partial charge in [0.1, 0.15) is 11.5 Å². The zero-order valence-electron chi connectivity index (χ0n) is 11.5. The first-order chi connectivity index (χ1) is 9.25. The van der Waals surface area contributed by atoms with Gasteiger partial charge in [0.2, 0.25) is 9.84 Å². The summed E-state index contributed by atoms with van der Waals surface area (Å²) < 4.78 is 25.4. The predicted molar refractivity (Wildman–Crippen MR) is 75.9 cm³/mol. The first kappa shape index (κ1) is 14.4. The molecule has 2 aromatic rings. The van der Waals surface area contributed by atoms with E-state index in [0.717, 1.165) is 0 Å². The first-order valence-electron chi connectivity index (χ1n) is 6.09. The average Bonchev–Trinajstić information content (AvgIpc) is 2.35. The molecule has 4 nitrogen and oxygen atoms in total. The van der Waals surface area contributed by atoms with Crippen molar-refractivity contribution in [3.05, 3.63) is 47.0 Å². The maximum Gasteiger partial charge on any atom is 0.207 e. The van der Waals surface area contributed by atoms with E-state index in [1.165, 1.54) is 30.3 Å². The highest BCUT2D eigenvalue weighted by Gasteiger charge is 2.23. The molecule has 106 valence electrons. The van der Waals surface area contributed by atoms with E-state index in [4.69, 9.17) is 0 Å². The lowest BCUT2D eigenvalue weighted by molar-refractivity contribution is 0.469. The Kier molecular flexibility index (Phi) is 3.48. The molecule has 0 amide bonds. The molecule has 2 rings (SSSR count). The summed E-state index contributed by atoms with van der Waals surface area (Å²) in [5.74, 6) is 0.101. The summed E-state index contributed by atoms with van der Waals surface area (Å²) in [4.78, 5) is 0.324. The second kappa shape index (κ2) is 4.83. The molecule has 5 heteroatoms. The van der Waals surface area contributed by atoms with Crippen molar-refractivity contribution in [1.29, 1.82) is 0 Å². The molecule has 0 saturated heterocycles. The number of aryl methyl sites for hydroxylation is 1. The Morgan fingerprint density at radius 3 is 2.05 bits per heavy atom. The maximum atomic E-state index is 12.7. The molecule has 0 aliphatic heterocycles. The Balaban J connectivity index is 2.70. The Morgan fingerprint density at radius 2 is 1.45 bits per heavy atom. The van der Waals surface area contributed by atoms with Crippen molar-refractivity contribution in [3.63, 3.8) is 0 Å².